The number of benzene rings is 1. The molecule has 0 saturated heterocycles. The molecule has 0 radical (unpaired) electrons. The van der Waals surface area contributed by atoms with Gasteiger partial charge in [-0.25, -0.2) is 9.78 Å². The van der Waals surface area contributed by atoms with Crippen LogP contribution in [-0.2, 0) is 0 Å². The van der Waals surface area contributed by atoms with E-state index in [1.54, 1.807) is 10.6 Å². The molecule has 0 aliphatic heterocycles. The number of imidazole rings is 1. The van der Waals surface area contributed by atoms with Crippen molar-refractivity contribution in [3.8, 4) is 0 Å². The van der Waals surface area contributed by atoms with Crippen LogP contribution in [0.5, 0.6) is 0 Å². The van der Waals surface area contributed by atoms with Crippen molar-refractivity contribution in [2.24, 2.45) is 10.2 Å². The van der Waals surface area contributed by atoms with Crippen molar-refractivity contribution < 1.29 is 9.90 Å². The quantitative estimate of drug-likeness (QED) is 0.729. The van der Waals surface area contributed by atoms with E-state index in [2.05, 4.69) is 15.2 Å². The molecule has 0 amide bonds. The molecule has 6 heteroatoms. The number of rotatable bonds is 3. The van der Waals surface area contributed by atoms with E-state index in [9.17, 15) is 9.90 Å². The zero-order chi connectivity index (χ0) is 16.6. The third-order valence-electron chi connectivity index (χ3n) is 3.64. The van der Waals surface area contributed by atoms with Crippen LogP contribution in [0.15, 0.2) is 46.8 Å². The fourth-order valence-corrected chi connectivity index (χ4v) is 2.36. The summed E-state index contributed by atoms with van der Waals surface area (Å²) in [6, 6.07) is 9.56. The number of nitrogens with zero attached hydrogens (tertiary/aromatic N) is 4. The molecule has 0 bridgehead atoms. The lowest BCUT2D eigenvalue weighted by Gasteiger charge is -2.01. The minimum Gasteiger partial charge on any atom is -0.476 e. The highest BCUT2D eigenvalue weighted by atomic mass is 16.4. The van der Waals surface area contributed by atoms with Crippen molar-refractivity contribution in [3.63, 3.8) is 0 Å². The molecule has 3 aromatic rings. The first-order valence-electron chi connectivity index (χ1n) is 7.17. The Balaban J connectivity index is 2.17. The first kappa shape index (κ1) is 14.9. The van der Waals surface area contributed by atoms with Gasteiger partial charge in [0.2, 0.25) is 0 Å². The Morgan fingerprint density at radius 1 is 1.13 bits per heavy atom. The second-order valence-corrected chi connectivity index (χ2v) is 5.46. The van der Waals surface area contributed by atoms with Gasteiger partial charge in [0.15, 0.2) is 11.5 Å². The Bertz CT molecular complexity index is 941. The summed E-state index contributed by atoms with van der Waals surface area (Å²) in [5, 5.41) is 17.8. The van der Waals surface area contributed by atoms with E-state index in [4.69, 9.17) is 0 Å². The molecule has 6 nitrogen and oxygen atoms in total. The predicted molar refractivity (Wildman–Crippen MR) is 87.0 cm³/mol. The van der Waals surface area contributed by atoms with Gasteiger partial charge in [0.1, 0.15) is 5.65 Å². The normalized spacial score (nSPS) is 11.4. The summed E-state index contributed by atoms with van der Waals surface area (Å²) < 4.78 is 1.65. The summed E-state index contributed by atoms with van der Waals surface area (Å²) in [7, 11) is 0. The summed E-state index contributed by atoms with van der Waals surface area (Å²) in [6.45, 7) is 5.78. The molecule has 116 valence electrons. The molecule has 23 heavy (non-hydrogen) atoms. The monoisotopic (exact) mass is 308 g/mol. The number of carboxylic acid groups (broad SMARTS) is 1. The molecule has 0 saturated carbocycles. The van der Waals surface area contributed by atoms with Gasteiger partial charge in [-0.1, -0.05) is 18.2 Å². The van der Waals surface area contributed by atoms with Crippen LogP contribution in [-0.4, -0.2) is 20.5 Å². The van der Waals surface area contributed by atoms with Crippen LogP contribution >= 0.6 is 0 Å². The highest BCUT2D eigenvalue weighted by Crippen LogP contribution is 2.27. The summed E-state index contributed by atoms with van der Waals surface area (Å²) in [6.07, 6.45) is 1.74. The third-order valence-corrected chi connectivity index (χ3v) is 3.64. The van der Waals surface area contributed by atoms with E-state index >= 15 is 0 Å². The number of fused-ring (bicyclic) bond motifs is 1. The Morgan fingerprint density at radius 3 is 2.65 bits per heavy atom. The minimum absolute atomic E-state index is 0.103. The van der Waals surface area contributed by atoms with Crippen molar-refractivity contribution in [1.82, 2.24) is 9.38 Å². The number of aromatic carboxylic acids is 1. The van der Waals surface area contributed by atoms with Gasteiger partial charge in [0, 0.05) is 6.20 Å². The molecule has 0 aliphatic rings. The molecule has 2 heterocycles. The number of aromatic nitrogens is 2. The average Bonchev–Trinajstić information content (AvgIpc) is 2.89. The molecule has 0 aliphatic carbocycles. The van der Waals surface area contributed by atoms with Crippen LogP contribution in [0.1, 0.15) is 27.2 Å². The SMILES string of the molecule is Cc1ccc(C)c(N=Nc2c(C(=O)O)nc3c(C)cccn23)c1. The summed E-state index contributed by atoms with van der Waals surface area (Å²) in [5.74, 6) is -0.903. The molecule has 0 atom stereocenters. The zero-order valence-electron chi connectivity index (χ0n) is 13.1. The number of hydrogen-bond acceptors (Lipinski definition) is 4. The van der Waals surface area contributed by atoms with Gasteiger partial charge in [-0.05, 0) is 49.6 Å². The number of pyridine rings is 1. The van der Waals surface area contributed by atoms with Crippen molar-refractivity contribution in [2.45, 2.75) is 20.8 Å². The maximum Gasteiger partial charge on any atom is 0.358 e. The van der Waals surface area contributed by atoms with E-state index < -0.39 is 5.97 Å². The number of azo groups is 1. The van der Waals surface area contributed by atoms with Gasteiger partial charge in [0.25, 0.3) is 0 Å². The molecule has 1 N–H and O–H groups in total. The molecule has 2 aromatic heterocycles. The highest BCUT2D eigenvalue weighted by molar-refractivity contribution is 5.92. The fraction of sp³-hybridized carbons (Fsp3) is 0.176. The Hall–Kier alpha value is -3.02. The molecule has 0 spiro atoms. The van der Waals surface area contributed by atoms with Crippen LogP contribution in [0, 0.1) is 20.8 Å². The maximum absolute atomic E-state index is 11.5. The van der Waals surface area contributed by atoms with Gasteiger partial charge in [-0.3, -0.25) is 4.40 Å². The Kier molecular flexibility index (Phi) is 3.65. The predicted octanol–water partition coefficient (Wildman–Crippen LogP) is 4.37. The van der Waals surface area contributed by atoms with Crippen LogP contribution in [0.4, 0.5) is 11.5 Å². The Labute approximate surface area is 133 Å². The number of carboxylic acids is 1. The van der Waals surface area contributed by atoms with Gasteiger partial charge >= 0.3 is 5.97 Å². The van der Waals surface area contributed by atoms with Crippen LogP contribution in [0.3, 0.4) is 0 Å². The second-order valence-electron chi connectivity index (χ2n) is 5.46. The standard InChI is InChI=1S/C17H16N4O2/c1-10-6-7-11(2)13(9-10)19-20-16-14(17(22)23)18-15-12(3)5-4-8-21(15)16/h4-9H,1-3H3,(H,22,23). The van der Waals surface area contributed by atoms with Crippen LogP contribution < -0.4 is 0 Å². The second kappa shape index (κ2) is 5.64. The van der Waals surface area contributed by atoms with E-state index in [1.807, 2.05) is 51.1 Å². The lowest BCUT2D eigenvalue weighted by molar-refractivity contribution is 0.0692. The van der Waals surface area contributed by atoms with Crippen molar-refractivity contribution in [3.05, 3.63) is 58.9 Å². The summed E-state index contributed by atoms with van der Waals surface area (Å²) in [5.41, 5.74) is 4.10. The number of carbonyl (C=O) groups is 1. The van der Waals surface area contributed by atoms with E-state index in [1.165, 1.54) is 0 Å². The van der Waals surface area contributed by atoms with E-state index in [-0.39, 0.29) is 11.5 Å². The average molecular weight is 308 g/mol. The molecule has 1 aromatic carbocycles. The zero-order valence-corrected chi connectivity index (χ0v) is 13.1. The smallest absolute Gasteiger partial charge is 0.358 e. The van der Waals surface area contributed by atoms with Gasteiger partial charge in [0.05, 0.1) is 5.69 Å². The number of hydrogen-bond donors (Lipinski definition) is 1. The first-order valence-corrected chi connectivity index (χ1v) is 7.17. The minimum atomic E-state index is -1.12. The van der Waals surface area contributed by atoms with E-state index in [0.717, 1.165) is 16.7 Å². The highest BCUT2D eigenvalue weighted by Gasteiger charge is 2.19. The van der Waals surface area contributed by atoms with Gasteiger partial charge in [-0.15, -0.1) is 10.2 Å². The largest absolute Gasteiger partial charge is 0.476 e. The molecule has 0 fully saturated rings. The molecule has 0 unspecified atom stereocenters. The van der Waals surface area contributed by atoms with Gasteiger partial charge < -0.3 is 5.11 Å². The molecular formula is C17H16N4O2. The first-order chi connectivity index (χ1) is 11.0. The molecule has 3 rings (SSSR count). The van der Waals surface area contributed by atoms with Gasteiger partial charge in [-0.2, -0.15) is 0 Å². The maximum atomic E-state index is 11.5. The number of aryl methyl sites for hydroxylation is 3. The lowest BCUT2D eigenvalue weighted by atomic mass is 10.1. The summed E-state index contributed by atoms with van der Waals surface area (Å²) >= 11 is 0. The topological polar surface area (TPSA) is 79.3 Å². The lowest BCUT2D eigenvalue weighted by Crippen LogP contribution is -1.96. The molecular weight excluding hydrogens is 292 g/mol. The summed E-state index contributed by atoms with van der Waals surface area (Å²) in [4.78, 5) is 15.6. The Morgan fingerprint density at radius 2 is 1.91 bits per heavy atom. The van der Waals surface area contributed by atoms with Crippen molar-refractivity contribution in [1.29, 1.82) is 0 Å². The van der Waals surface area contributed by atoms with Crippen LogP contribution in [0.2, 0.25) is 0 Å². The van der Waals surface area contributed by atoms with Crippen molar-refractivity contribution in [2.75, 3.05) is 0 Å². The van der Waals surface area contributed by atoms with Crippen LogP contribution in [0.25, 0.3) is 5.65 Å². The third kappa shape index (κ3) is 2.70. The fourth-order valence-electron chi connectivity index (χ4n) is 2.36. The van der Waals surface area contributed by atoms with Crippen molar-refractivity contribution >= 4 is 23.1 Å². The van der Waals surface area contributed by atoms with E-state index in [0.29, 0.717) is 11.3 Å².